The van der Waals surface area contributed by atoms with Gasteiger partial charge in [-0.1, -0.05) is 5.16 Å². The third-order valence-electron chi connectivity index (χ3n) is 4.02. The normalized spacial score (nSPS) is 16.5. The van der Waals surface area contributed by atoms with Gasteiger partial charge in [-0.15, -0.1) is 12.4 Å². The Bertz CT molecular complexity index is 646. The number of hydrogen-bond donors (Lipinski definition) is 1. The van der Waals surface area contributed by atoms with E-state index in [1.54, 1.807) is 21.3 Å². The summed E-state index contributed by atoms with van der Waals surface area (Å²) in [6, 6.07) is 3.63. The molecule has 0 aliphatic carbocycles. The number of ether oxygens (including phenoxy) is 3. The number of benzene rings is 1. The van der Waals surface area contributed by atoms with Crippen molar-refractivity contribution in [2.45, 2.75) is 12.8 Å². The summed E-state index contributed by atoms with van der Waals surface area (Å²) < 4.78 is 21.4. The monoisotopic (exact) mass is 355 g/mol. The van der Waals surface area contributed by atoms with E-state index in [9.17, 15) is 0 Å². The average Bonchev–Trinajstić information content (AvgIpc) is 3.25. The van der Waals surface area contributed by atoms with Crippen LogP contribution in [0.5, 0.6) is 17.2 Å². The standard InChI is InChI=1S/C16H21N3O4.ClH/c1-20-12-7-11(8-13(21-2)15(12)22-3)16-18-14(23-19-16)6-10-4-5-17-9-10;/h7-8,10,17H,4-6,9H2,1-3H3;1H. The maximum Gasteiger partial charge on any atom is 0.227 e. The van der Waals surface area contributed by atoms with Crippen LogP contribution in [0.2, 0.25) is 0 Å². The van der Waals surface area contributed by atoms with Gasteiger partial charge in [0.2, 0.25) is 17.5 Å². The van der Waals surface area contributed by atoms with Gasteiger partial charge in [0.15, 0.2) is 11.5 Å². The zero-order chi connectivity index (χ0) is 16.2. The van der Waals surface area contributed by atoms with Crippen LogP contribution in [0, 0.1) is 5.92 Å². The molecule has 1 atom stereocenters. The Morgan fingerprint density at radius 3 is 2.42 bits per heavy atom. The molecule has 3 rings (SSSR count). The van der Waals surface area contributed by atoms with Gasteiger partial charge in [-0.05, 0) is 37.6 Å². The highest BCUT2D eigenvalue weighted by Crippen LogP contribution is 2.40. The lowest BCUT2D eigenvalue weighted by Gasteiger charge is -2.12. The number of halogens is 1. The Balaban J connectivity index is 0.00000208. The van der Waals surface area contributed by atoms with E-state index in [4.69, 9.17) is 18.7 Å². The molecular formula is C16H22ClN3O4. The van der Waals surface area contributed by atoms with E-state index in [1.807, 2.05) is 12.1 Å². The van der Waals surface area contributed by atoms with Gasteiger partial charge in [0.1, 0.15) is 0 Å². The Labute approximate surface area is 147 Å². The lowest BCUT2D eigenvalue weighted by molar-refractivity contribution is 0.324. The largest absolute Gasteiger partial charge is 0.493 e. The SMILES string of the molecule is COc1cc(-c2noc(CC3CCNC3)n2)cc(OC)c1OC.Cl. The summed E-state index contributed by atoms with van der Waals surface area (Å²) >= 11 is 0. The molecule has 1 N–H and O–H groups in total. The molecule has 1 aliphatic rings. The molecule has 1 fully saturated rings. The molecule has 132 valence electrons. The number of methoxy groups -OCH3 is 3. The zero-order valence-corrected chi connectivity index (χ0v) is 14.8. The molecule has 0 radical (unpaired) electrons. The Hall–Kier alpha value is -1.99. The van der Waals surface area contributed by atoms with Crippen molar-refractivity contribution in [1.29, 1.82) is 0 Å². The van der Waals surface area contributed by atoms with Crippen molar-refractivity contribution in [2.24, 2.45) is 5.92 Å². The van der Waals surface area contributed by atoms with Crippen molar-refractivity contribution in [3.63, 3.8) is 0 Å². The van der Waals surface area contributed by atoms with E-state index in [0.717, 1.165) is 31.5 Å². The minimum atomic E-state index is 0. The van der Waals surface area contributed by atoms with Crippen LogP contribution in [0.1, 0.15) is 12.3 Å². The molecule has 0 amide bonds. The molecule has 1 unspecified atom stereocenters. The van der Waals surface area contributed by atoms with E-state index < -0.39 is 0 Å². The molecule has 0 saturated carbocycles. The van der Waals surface area contributed by atoms with E-state index in [1.165, 1.54) is 0 Å². The summed E-state index contributed by atoms with van der Waals surface area (Å²) in [4.78, 5) is 4.49. The Morgan fingerprint density at radius 2 is 1.88 bits per heavy atom. The maximum absolute atomic E-state index is 5.38. The third kappa shape index (κ3) is 3.73. The van der Waals surface area contributed by atoms with Crippen molar-refractivity contribution >= 4 is 12.4 Å². The fourth-order valence-corrected chi connectivity index (χ4v) is 2.80. The van der Waals surface area contributed by atoms with Crippen LogP contribution >= 0.6 is 12.4 Å². The fraction of sp³-hybridized carbons (Fsp3) is 0.500. The summed E-state index contributed by atoms with van der Waals surface area (Å²) in [5, 5.41) is 7.41. The summed E-state index contributed by atoms with van der Waals surface area (Å²) in [5.74, 6) is 3.40. The first kappa shape index (κ1) is 18.4. The molecule has 8 heteroatoms. The lowest BCUT2D eigenvalue weighted by atomic mass is 10.1. The van der Waals surface area contributed by atoms with Gasteiger partial charge in [0, 0.05) is 12.0 Å². The minimum Gasteiger partial charge on any atom is -0.493 e. The van der Waals surface area contributed by atoms with Gasteiger partial charge in [0.25, 0.3) is 0 Å². The number of nitrogens with one attached hydrogen (secondary N) is 1. The second-order valence-corrected chi connectivity index (χ2v) is 5.49. The first-order valence-electron chi connectivity index (χ1n) is 7.58. The van der Waals surface area contributed by atoms with Crippen LogP contribution in [-0.4, -0.2) is 44.6 Å². The van der Waals surface area contributed by atoms with Gasteiger partial charge >= 0.3 is 0 Å². The first-order chi connectivity index (χ1) is 11.2. The van der Waals surface area contributed by atoms with Crippen LogP contribution in [0.3, 0.4) is 0 Å². The molecule has 2 aromatic rings. The van der Waals surface area contributed by atoms with Crippen molar-refractivity contribution in [2.75, 3.05) is 34.4 Å². The second kappa shape index (κ2) is 8.21. The smallest absolute Gasteiger partial charge is 0.227 e. The first-order valence-corrected chi connectivity index (χ1v) is 7.58. The molecule has 0 spiro atoms. The van der Waals surface area contributed by atoms with Crippen LogP contribution in [0.4, 0.5) is 0 Å². The molecular weight excluding hydrogens is 334 g/mol. The lowest BCUT2D eigenvalue weighted by Crippen LogP contribution is -2.10. The summed E-state index contributed by atoms with van der Waals surface area (Å²) in [5.41, 5.74) is 0.763. The predicted octanol–water partition coefficient (Wildman–Crippen LogP) is 2.34. The predicted molar refractivity (Wildman–Crippen MR) is 91.3 cm³/mol. The zero-order valence-electron chi connectivity index (χ0n) is 14.0. The van der Waals surface area contributed by atoms with Gasteiger partial charge in [-0.3, -0.25) is 0 Å². The third-order valence-corrected chi connectivity index (χ3v) is 4.02. The van der Waals surface area contributed by atoms with Gasteiger partial charge in [0.05, 0.1) is 21.3 Å². The molecule has 1 aromatic heterocycles. The van der Waals surface area contributed by atoms with Crippen LogP contribution in [-0.2, 0) is 6.42 Å². The summed E-state index contributed by atoms with van der Waals surface area (Å²) in [7, 11) is 4.73. The molecule has 1 saturated heterocycles. The Morgan fingerprint density at radius 1 is 1.17 bits per heavy atom. The number of nitrogens with zero attached hydrogens (tertiary/aromatic N) is 2. The van der Waals surface area contributed by atoms with Gasteiger partial charge in [-0.2, -0.15) is 4.98 Å². The Kier molecular flexibility index (Phi) is 6.28. The maximum atomic E-state index is 5.38. The molecule has 7 nitrogen and oxygen atoms in total. The van der Waals surface area contributed by atoms with Crippen LogP contribution < -0.4 is 19.5 Å². The van der Waals surface area contributed by atoms with Crippen molar-refractivity contribution in [3.8, 4) is 28.6 Å². The van der Waals surface area contributed by atoms with Crippen molar-refractivity contribution in [1.82, 2.24) is 15.5 Å². The van der Waals surface area contributed by atoms with Gasteiger partial charge in [-0.25, -0.2) is 0 Å². The average molecular weight is 356 g/mol. The number of rotatable bonds is 6. The number of hydrogen-bond acceptors (Lipinski definition) is 7. The highest BCUT2D eigenvalue weighted by Gasteiger charge is 2.20. The van der Waals surface area contributed by atoms with Crippen molar-refractivity contribution < 1.29 is 18.7 Å². The highest BCUT2D eigenvalue weighted by atomic mass is 35.5. The summed E-state index contributed by atoms with van der Waals surface area (Å²) in [6.07, 6.45) is 1.94. The molecule has 2 heterocycles. The number of aromatic nitrogens is 2. The minimum absolute atomic E-state index is 0. The van der Waals surface area contributed by atoms with E-state index in [2.05, 4.69) is 15.5 Å². The molecule has 1 aliphatic heterocycles. The van der Waals surface area contributed by atoms with E-state index in [0.29, 0.717) is 34.9 Å². The molecule has 1 aromatic carbocycles. The quantitative estimate of drug-likeness (QED) is 0.851. The van der Waals surface area contributed by atoms with Gasteiger partial charge < -0.3 is 24.1 Å². The molecule has 24 heavy (non-hydrogen) atoms. The highest BCUT2D eigenvalue weighted by molar-refractivity contribution is 5.85. The second-order valence-electron chi connectivity index (χ2n) is 5.49. The molecule has 0 bridgehead atoms. The van der Waals surface area contributed by atoms with E-state index >= 15 is 0 Å². The van der Waals surface area contributed by atoms with E-state index in [-0.39, 0.29) is 12.4 Å². The summed E-state index contributed by atoms with van der Waals surface area (Å²) in [6.45, 7) is 2.06. The van der Waals surface area contributed by atoms with Crippen LogP contribution in [0.25, 0.3) is 11.4 Å². The van der Waals surface area contributed by atoms with Crippen LogP contribution in [0.15, 0.2) is 16.7 Å². The van der Waals surface area contributed by atoms with Crippen molar-refractivity contribution in [3.05, 3.63) is 18.0 Å². The topological polar surface area (TPSA) is 78.6 Å². The fourth-order valence-electron chi connectivity index (χ4n) is 2.80.